The third-order valence-corrected chi connectivity index (χ3v) is 6.95. The van der Waals surface area contributed by atoms with Crippen LogP contribution < -0.4 is 4.90 Å². The molecule has 0 aliphatic carbocycles. The second-order valence-electron chi connectivity index (χ2n) is 9.38. The van der Waals surface area contributed by atoms with E-state index in [0.717, 1.165) is 18.1 Å². The topological polar surface area (TPSA) is 97.8 Å². The molecule has 0 unspecified atom stereocenters. The molecule has 1 N–H and O–H groups in total. The number of rotatable bonds is 3. The van der Waals surface area contributed by atoms with Crippen LogP contribution in [-0.2, 0) is 6.18 Å². The molecule has 5 rings (SSSR count). The van der Waals surface area contributed by atoms with Crippen LogP contribution in [0.25, 0.3) is 5.65 Å². The number of carbonyl (C=O) groups is 1. The molecule has 188 valence electrons. The number of fused-ring (bicyclic) bond motifs is 1. The van der Waals surface area contributed by atoms with Crippen LogP contribution in [0.2, 0.25) is 0 Å². The first kappa shape index (κ1) is 24.1. The van der Waals surface area contributed by atoms with Gasteiger partial charge in [-0.15, -0.1) is 0 Å². The summed E-state index contributed by atoms with van der Waals surface area (Å²) in [6.07, 6.45) is -1.50. The lowest BCUT2D eigenvalue weighted by Crippen LogP contribution is -2.39. The molecule has 11 heteroatoms. The van der Waals surface area contributed by atoms with Crippen LogP contribution in [0.3, 0.4) is 0 Å². The molecule has 36 heavy (non-hydrogen) atoms. The number of nitrogens with zero attached hydrogens (tertiary/aromatic N) is 6. The highest BCUT2D eigenvalue weighted by Crippen LogP contribution is 2.36. The molecule has 0 saturated carbocycles. The number of nitriles is 1. The van der Waals surface area contributed by atoms with Gasteiger partial charge >= 0.3 is 6.18 Å². The smallest absolute Gasteiger partial charge is 0.390 e. The Kier molecular flexibility index (Phi) is 6.08. The molecule has 1 amide bonds. The van der Waals surface area contributed by atoms with Crippen molar-refractivity contribution < 1.29 is 23.1 Å². The van der Waals surface area contributed by atoms with Gasteiger partial charge in [-0.05, 0) is 38.3 Å². The van der Waals surface area contributed by atoms with E-state index in [1.54, 1.807) is 16.8 Å². The van der Waals surface area contributed by atoms with Gasteiger partial charge in [0.25, 0.3) is 5.91 Å². The number of hydrogen-bond donors (Lipinski definition) is 1. The predicted octanol–water partition coefficient (Wildman–Crippen LogP) is 3.74. The number of likely N-dealkylation sites (tertiary alicyclic amines) is 1. The third kappa shape index (κ3) is 4.26. The van der Waals surface area contributed by atoms with E-state index in [9.17, 15) is 28.3 Å². The van der Waals surface area contributed by atoms with Crippen molar-refractivity contribution in [3.8, 4) is 6.07 Å². The normalized spacial score (nSPS) is 22.7. The average Bonchev–Trinajstić information content (AvgIpc) is 3.44. The zero-order chi connectivity index (χ0) is 25.6. The van der Waals surface area contributed by atoms with Gasteiger partial charge in [-0.3, -0.25) is 4.79 Å². The number of β-amino-alcohol motifs (C(OH)–C–C–N with tert-alkyl or cyclic N) is 1. The predicted molar refractivity (Wildman–Crippen MR) is 124 cm³/mol. The maximum absolute atomic E-state index is 13.6. The summed E-state index contributed by atoms with van der Waals surface area (Å²) in [6.45, 7) is 2.86. The van der Waals surface area contributed by atoms with Crippen LogP contribution >= 0.6 is 0 Å². The Morgan fingerprint density at radius 2 is 2.00 bits per heavy atom. The average molecular weight is 499 g/mol. The summed E-state index contributed by atoms with van der Waals surface area (Å²) in [5, 5.41) is 24.0. The number of aliphatic hydroxyl groups is 1. The molecule has 1 aromatic carbocycles. The molecule has 2 saturated heterocycles. The van der Waals surface area contributed by atoms with E-state index < -0.39 is 35.7 Å². The highest BCUT2D eigenvalue weighted by Gasteiger charge is 2.38. The first-order valence-corrected chi connectivity index (χ1v) is 11.8. The van der Waals surface area contributed by atoms with Crippen molar-refractivity contribution in [3.05, 3.63) is 58.9 Å². The monoisotopic (exact) mass is 498 g/mol. The van der Waals surface area contributed by atoms with Crippen molar-refractivity contribution in [2.24, 2.45) is 5.92 Å². The Hall–Kier alpha value is -3.65. The van der Waals surface area contributed by atoms with Gasteiger partial charge in [0, 0.05) is 37.5 Å². The Morgan fingerprint density at radius 3 is 2.72 bits per heavy atom. The van der Waals surface area contributed by atoms with Crippen molar-refractivity contribution in [2.45, 2.75) is 44.5 Å². The molecule has 0 bridgehead atoms. The molecule has 0 spiro atoms. The van der Waals surface area contributed by atoms with Gasteiger partial charge in [-0.2, -0.15) is 23.5 Å². The number of amides is 1. The van der Waals surface area contributed by atoms with Crippen molar-refractivity contribution in [2.75, 3.05) is 24.5 Å². The standard InChI is InChI=1S/C25H25F3N6O2/c1-15-12-34-22(30-23(15)32-13-16(11-29)21(35)14-32)10-19(31-34)20-8-4-5-9-33(20)24(36)17-6-2-3-7-18(17)25(26,27)28/h2-3,6-7,10,12,16,20-21,35H,4-5,8-9,13-14H2,1H3/t16-,20+,21+/m1/s1. The molecule has 2 aromatic heterocycles. The van der Waals surface area contributed by atoms with Crippen molar-refractivity contribution in [1.29, 1.82) is 5.26 Å². The van der Waals surface area contributed by atoms with Gasteiger partial charge in [0.15, 0.2) is 5.65 Å². The number of anilines is 1. The number of aliphatic hydroxyl groups excluding tert-OH is 1. The number of hydrogen-bond acceptors (Lipinski definition) is 6. The van der Waals surface area contributed by atoms with Crippen LogP contribution in [0.1, 0.15) is 52.5 Å². The lowest BCUT2D eigenvalue weighted by Gasteiger charge is -2.35. The highest BCUT2D eigenvalue weighted by molar-refractivity contribution is 5.96. The third-order valence-electron chi connectivity index (χ3n) is 6.95. The van der Waals surface area contributed by atoms with Crippen LogP contribution in [0.15, 0.2) is 36.5 Å². The van der Waals surface area contributed by atoms with Gasteiger partial charge < -0.3 is 14.9 Å². The van der Waals surface area contributed by atoms with Crippen molar-refractivity contribution in [3.63, 3.8) is 0 Å². The quantitative estimate of drug-likeness (QED) is 0.591. The number of halogens is 3. The van der Waals surface area contributed by atoms with E-state index in [4.69, 9.17) is 4.98 Å². The maximum Gasteiger partial charge on any atom is 0.417 e. The zero-order valence-corrected chi connectivity index (χ0v) is 19.6. The van der Waals surface area contributed by atoms with Gasteiger partial charge in [-0.1, -0.05) is 12.1 Å². The maximum atomic E-state index is 13.6. The number of alkyl halides is 3. The fourth-order valence-electron chi connectivity index (χ4n) is 5.14. The Labute approximate surface area is 205 Å². The molecule has 2 aliphatic rings. The van der Waals surface area contributed by atoms with Crippen molar-refractivity contribution in [1.82, 2.24) is 19.5 Å². The van der Waals surface area contributed by atoms with Gasteiger partial charge in [0.05, 0.1) is 41.0 Å². The molecule has 3 atom stereocenters. The van der Waals surface area contributed by atoms with E-state index >= 15 is 0 Å². The summed E-state index contributed by atoms with van der Waals surface area (Å²) in [4.78, 5) is 21.4. The molecule has 8 nitrogen and oxygen atoms in total. The van der Waals surface area contributed by atoms with Crippen LogP contribution in [0, 0.1) is 24.2 Å². The number of aromatic nitrogens is 3. The summed E-state index contributed by atoms with van der Waals surface area (Å²) in [7, 11) is 0. The Bertz CT molecular complexity index is 1350. The van der Waals surface area contributed by atoms with E-state index in [-0.39, 0.29) is 5.56 Å². The number of carbonyl (C=O) groups excluding carboxylic acids is 1. The highest BCUT2D eigenvalue weighted by atomic mass is 19.4. The second-order valence-corrected chi connectivity index (χ2v) is 9.38. The zero-order valence-electron chi connectivity index (χ0n) is 19.6. The molecular formula is C25H25F3N6O2. The number of aryl methyl sites for hydroxylation is 1. The van der Waals surface area contributed by atoms with Gasteiger partial charge in [0.2, 0.25) is 0 Å². The van der Waals surface area contributed by atoms with Gasteiger partial charge in [-0.25, -0.2) is 9.50 Å². The van der Waals surface area contributed by atoms with E-state index in [2.05, 4.69) is 11.2 Å². The summed E-state index contributed by atoms with van der Waals surface area (Å²) >= 11 is 0. The first-order valence-electron chi connectivity index (χ1n) is 11.8. The van der Waals surface area contributed by atoms with Crippen LogP contribution in [-0.4, -0.2) is 56.2 Å². The van der Waals surface area contributed by atoms with E-state index in [1.165, 1.54) is 23.1 Å². The largest absolute Gasteiger partial charge is 0.417 e. The molecule has 0 radical (unpaired) electrons. The lowest BCUT2D eigenvalue weighted by molar-refractivity contribution is -0.138. The molecule has 2 aliphatic heterocycles. The van der Waals surface area contributed by atoms with E-state index in [0.29, 0.717) is 49.6 Å². The molecule has 4 heterocycles. The minimum absolute atomic E-state index is 0.298. The summed E-state index contributed by atoms with van der Waals surface area (Å²) in [5.74, 6) is -0.520. The summed E-state index contributed by atoms with van der Waals surface area (Å²) in [5.41, 5.74) is 0.581. The Balaban J connectivity index is 1.48. The lowest BCUT2D eigenvalue weighted by atomic mass is 9.97. The first-order chi connectivity index (χ1) is 17.2. The molecule has 2 fully saturated rings. The number of benzene rings is 1. The summed E-state index contributed by atoms with van der Waals surface area (Å²) in [6, 6.07) is 8.25. The van der Waals surface area contributed by atoms with Crippen LogP contribution in [0.4, 0.5) is 19.0 Å². The fraction of sp³-hybridized carbons (Fsp3) is 0.440. The van der Waals surface area contributed by atoms with E-state index in [1.807, 2.05) is 11.8 Å². The van der Waals surface area contributed by atoms with Gasteiger partial charge in [0.1, 0.15) is 5.82 Å². The molecule has 3 aromatic rings. The summed E-state index contributed by atoms with van der Waals surface area (Å²) < 4.78 is 42.3. The Morgan fingerprint density at radius 1 is 1.22 bits per heavy atom. The molecular weight excluding hydrogens is 473 g/mol. The number of piperidine rings is 1. The van der Waals surface area contributed by atoms with Crippen molar-refractivity contribution >= 4 is 17.4 Å². The SMILES string of the molecule is Cc1cn2nc([C@@H]3CCCCN3C(=O)c3ccccc3C(F)(F)F)cc2nc1N1C[C@@H](C#N)[C@@H](O)C1. The minimum Gasteiger partial charge on any atom is -0.390 e. The van der Waals surface area contributed by atoms with Crippen LogP contribution in [0.5, 0.6) is 0 Å². The fourth-order valence-corrected chi connectivity index (χ4v) is 5.14. The minimum atomic E-state index is -4.63. The second kappa shape index (κ2) is 9.09.